The Morgan fingerprint density at radius 1 is 1.58 bits per heavy atom. The van der Waals surface area contributed by atoms with Crippen LogP contribution in [0.4, 0.5) is 4.39 Å². The van der Waals surface area contributed by atoms with Crippen LogP contribution in [-0.4, -0.2) is 36.6 Å². The number of likely N-dealkylation sites (tertiary alicyclic amines) is 1. The van der Waals surface area contributed by atoms with Crippen LogP contribution in [0.5, 0.6) is 0 Å². The SMILES string of the molecule is CC.CN1CCC(F)(C(N)=O)C1. The molecule has 1 aliphatic heterocycles. The van der Waals surface area contributed by atoms with Crippen molar-refractivity contribution in [2.24, 2.45) is 5.73 Å². The molecule has 0 aromatic heterocycles. The molecule has 0 aromatic rings. The molecule has 4 heteroatoms. The summed E-state index contributed by atoms with van der Waals surface area (Å²) in [6.07, 6.45) is 0.235. The fourth-order valence-corrected chi connectivity index (χ4v) is 1.16. The summed E-state index contributed by atoms with van der Waals surface area (Å²) in [5.41, 5.74) is 3.08. The highest BCUT2D eigenvalue weighted by Gasteiger charge is 2.42. The van der Waals surface area contributed by atoms with Crippen molar-refractivity contribution in [3.05, 3.63) is 0 Å². The number of hydrogen-bond donors (Lipinski definition) is 1. The van der Waals surface area contributed by atoms with Crippen LogP contribution < -0.4 is 5.73 Å². The molecule has 0 saturated carbocycles. The maximum atomic E-state index is 13.2. The van der Waals surface area contributed by atoms with Crippen molar-refractivity contribution < 1.29 is 9.18 Å². The Labute approximate surface area is 72.7 Å². The van der Waals surface area contributed by atoms with E-state index in [1.807, 2.05) is 13.8 Å². The summed E-state index contributed by atoms with van der Waals surface area (Å²) in [6, 6.07) is 0. The Morgan fingerprint density at radius 2 is 2.08 bits per heavy atom. The van der Waals surface area contributed by atoms with Crippen molar-refractivity contribution in [2.45, 2.75) is 25.9 Å². The maximum absolute atomic E-state index is 13.2. The highest BCUT2D eigenvalue weighted by molar-refractivity contribution is 5.84. The standard InChI is InChI=1S/C6H11FN2O.C2H6/c1-9-3-2-6(7,4-9)5(8)10;1-2/h2-4H2,1H3,(H2,8,10);1-2H3. The normalized spacial score (nSPS) is 29.3. The lowest BCUT2D eigenvalue weighted by Crippen LogP contribution is -2.41. The number of carbonyl (C=O) groups excluding carboxylic acids is 1. The van der Waals surface area contributed by atoms with Crippen molar-refractivity contribution in [1.82, 2.24) is 4.90 Å². The molecule has 0 radical (unpaired) electrons. The van der Waals surface area contributed by atoms with Crippen LogP contribution >= 0.6 is 0 Å². The van der Waals surface area contributed by atoms with Crippen molar-refractivity contribution in [3.63, 3.8) is 0 Å². The minimum Gasteiger partial charge on any atom is -0.367 e. The molecule has 1 aliphatic rings. The van der Waals surface area contributed by atoms with Crippen LogP contribution in [0.2, 0.25) is 0 Å². The predicted molar refractivity (Wildman–Crippen MR) is 46.5 cm³/mol. The summed E-state index contributed by atoms with van der Waals surface area (Å²) in [5, 5.41) is 0. The molecule has 12 heavy (non-hydrogen) atoms. The lowest BCUT2D eigenvalue weighted by Gasteiger charge is -2.13. The Hall–Kier alpha value is -0.640. The van der Waals surface area contributed by atoms with E-state index in [-0.39, 0.29) is 13.0 Å². The highest BCUT2D eigenvalue weighted by atomic mass is 19.1. The zero-order chi connectivity index (χ0) is 9.78. The van der Waals surface area contributed by atoms with Gasteiger partial charge >= 0.3 is 0 Å². The number of nitrogens with two attached hydrogens (primary N) is 1. The predicted octanol–water partition coefficient (Wildman–Crippen LogP) is 0.542. The minimum atomic E-state index is -1.77. The monoisotopic (exact) mass is 176 g/mol. The topological polar surface area (TPSA) is 46.3 Å². The molecule has 1 heterocycles. The first-order valence-corrected chi connectivity index (χ1v) is 4.22. The number of rotatable bonds is 1. The quantitative estimate of drug-likeness (QED) is 0.634. The second-order valence-electron chi connectivity index (χ2n) is 2.82. The average molecular weight is 176 g/mol. The Kier molecular flexibility index (Phi) is 4.17. The first kappa shape index (κ1) is 11.4. The number of primary amides is 1. The van der Waals surface area contributed by atoms with Crippen molar-refractivity contribution >= 4 is 5.91 Å². The molecule has 1 rings (SSSR count). The Bertz CT molecular complexity index is 163. The number of carbonyl (C=O) groups is 1. The summed E-state index contributed by atoms with van der Waals surface area (Å²) >= 11 is 0. The molecule has 72 valence electrons. The molecular weight excluding hydrogens is 159 g/mol. The molecule has 2 N–H and O–H groups in total. The summed E-state index contributed by atoms with van der Waals surface area (Å²) < 4.78 is 13.2. The third-order valence-corrected chi connectivity index (χ3v) is 1.85. The molecule has 0 bridgehead atoms. The number of amides is 1. The molecule has 0 aromatic carbocycles. The van der Waals surface area contributed by atoms with E-state index in [4.69, 9.17) is 5.73 Å². The van der Waals surface area contributed by atoms with Gasteiger partial charge in [0, 0.05) is 19.5 Å². The van der Waals surface area contributed by atoms with Gasteiger partial charge in [0.05, 0.1) is 0 Å². The smallest absolute Gasteiger partial charge is 0.256 e. The first-order valence-electron chi connectivity index (χ1n) is 4.22. The van der Waals surface area contributed by atoms with E-state index in [0.717, 1.165) is 0 Å². The Morgan fingerprint density at radius 3 is 2.25 bits per heavy atom. The lowest BCUT2D eigenvalue weighted by atomic mass is 10.1. The van der Waals surface area contributed by atoms with E-state index < -0.39 is 11.6 Å². The summed E-state index contributed by atoms with van der Waals surface area (Å²) in [5.74, 6) is -0.836. The van der Waals surface area contributed by atoms with Crippen molar-refractivity contribution in [1.29, 1.82) is 0 Å². The number of nitrogens with zero attached hydrogens (tertiary/aromatic N) is 1. The number of halogens is 1. The van der Waals surface area contributed by atoms with E-state index in [1.165, 1.54) is 0 Å². The van der Waals surface area contributed by atoms with Crippen LogP contribution in [0.15, 0.2) is 0 Å². The van der Waals surface area contributed by atoms with Gasteiger partial charge in [-0.1, -0.05) is 13.8 Å². The van der Waals surface area contributed by atoms with Gasteiger partial charge in [0.15, 0.2) is 0 Å². The van der Waals surface area contributed by atoms with Crippen LogP contribution in [0.25, 0.3) is 0 Å². The molecule has 0 spiro atoms. The van der Waals surface area contributed by atoms with E-state index in [1.54, 1.807) is 11.9 Å². The molecule has 1 atom stereocenters. The van der Waals surface area contributed by atoms with E-state index in [0.29, 0.717) is 6.54 Å². The molecule has 1 saturated heterocycles. The largest absolute Gasteiger partial charge is 0.367 e. The van der Waals surface area contributed by atoms with Crippen LogP contribution in [0.3, 0.4) is 0 Å². The maximum Gasteiger partial charge on any atom is 0.256 e. The Balaban J connectivity index is 0.000000561. The zero-order valence-corrected chi connectivity index (χ0v) is 7.93. The summed E-state index contributed by atoms with van der Waals surface area (Å²) in [4.78, 5) is 12.2. The van der Waals surface area contributed by atoms with Crippen molar-refractivity contribution in [3.8, 4) is 0 Å². The van der Waals surface area contributed by atoms with Gasteiger partial charge < -0.3 is 10.6 Å². The van der Waals surface area contributed by atoms with Crippen LogP contribution in [-0.2, 0) is 4.79 Å². The summed E-state index contributed by atoms with van der Waals surface area (Å²) in [7, 11) is 1.77. The molecule has 1 amide bonds. The minimum absolute atomic E-state index is 0.141. The van der Waals surface area contributed by atoms with E-state index in [2.05, 4.69) is 0 Å². The second-order valence-corrected chi connectivity index (χ2v) is 2.82. The number of alkyl halides is 1. The van der Waals surface area contributed by atoms with Gasteiger partial charge in [-0.2, -0.15) is 0 Å². The molecule has 0 aliphatic carbocycles. The van der Waals surface area contributed by atoms with E-state index >= 15 is 0 Å². The van der Waals surface area contributed by atoms with Crippen molar-refractivity contribution in [2.75, 3.05) is 20.1 Å². The van der Waals surface area contributed by atoms with Gasteiger partial charge in [0.2, 0.25) is 5.67 Å². The van der Waals surface area contributed by atoms with Crippen LogP contribution in [0.1, 0.15) is 20.3 Å². The number of hydrogen-bond acceptors (Lipinski definition) is 2. The zero-order valence-electron chi connectivity index (χ0n) is 7.93. The van der Waals surface area contributed by atoms with E-state index in [9.17, 15) is 9.18 Å². The molecule has 3 nitrogen and oxygen atoms in total. The molecule has 1 fully saturated rings. The van der Waals surface area contributed by atoms with Gasteiger partial charge in [-0.3, -0.25) is 4.79 Å². The second kappa shape index (κ2) is 4.40. The first-order chi connectivity index (χ1) is 5.54. The third kappa shape index (κ3) is 2.44. The molecular formula is C8H17FN2O. The fourth-order valence-electron chi connectivity index (χ4n) is 1.16. The third-order valence-electron chi connectivity index (χ3n) is 1.85. The fraction of sp³-hybridized carbons (Fsp3) is 0.875. The van der Waals surface area contributed by atoms with Gasteiger partial charge in [0.25, 0.3) is 5.91 Å². The van der Waals surface area contributed by atoms with Crippen LogP contribution in [0, 0.1) is 0 Å². The van der Waals surface area contributed by atoms with Gasteiger partial charge in [0.1, 0.15) is 0 Å². The summed E-state index contributed by atoms with van der Waals surface area (Å²) in [6.45, 7) is 4.75. The highest BCUT2D eigenvalue weighted by Crippen LogP contribution is 2.23. The van der Waals surface area contributed by atoms with Gasteiger partial charge in [-0.25, -0.2) is 4.39 Å². The van der Waals surface area contributed by atoms with Gasteiger partial charge in [-0.05, 0) is 7.05 Å². The average Bonchev–Trinajstić information content (AvgIpc) is 2.37. The molecule has 1 unspecified atom stereocenters. The van der Waals surface area contributed by atoms with Gasteiger partial charge in [-0.15, -0.1) is 0 Å². The lowest BCUT2D eigenvalue weighted by molar-refractivity contribution is -0.128.